The molecule has 1 unspecified atom stereocenters. The van der Waals surface area contributed by atoms with Crippen molar-refractivity contribution >= 4 is 12.1 Å². The first-order chi connectivity index (χ1) is 19.8. The Morgan fingerprint density at radius 1 is 0.837 bits per heavy atom. The minimum atomic E-state index is -1.42. The second kappa shape index (κ2) is 19.7. The number of nitrogens with two attached hydrogens (primary N) is 1. The molecule has 10 nitrogen and oxygen atoms in total. The minimum Gasteiger partial charge on any atom is -0.550 e. The van der Waals surface area contributed by atoms with E-state index in [1.54, 1.807) is 25.2 Å². The molecule has 0 saturated heterocycles. The normalized spacial score (nSPS) is 21.9. The number of carboxylic acids is 1. The molecule has 0 heterocycles. The number of carbonyl (C=O) groups is 2. The summed E-state index contributed by atoms with van der Waals surface area (Å²) in [6, 6.07) is 0. The van der Waals surface area contributed by atoms with E-state index in [0.717, 1.165) is 5.57 Å². The molecule has 43 heavy (non-hydrogen) atoms. The third-order valence-electron chi connectivity index (χ3n) is 8.38. The second-order valence-electron chi connectivity index (χ2n) is 12.3. The maximum absolute atomic E-state index is 11.5. The lowest BCUT2D eigenvalue weighted by Crippen LogP contribution is -2.43. The molecule has 7 N–H and O–H groups in total. The minimum absolute atomic E-state index is 0.112. The molecule has 0 rings (SSSR count). The van der Waals surface area contributed by atoms with Crippen molar-refractivity contribution in [2.45, 2.75) is 105 Å². The highest BCUT2D eigenvalue weighted by Gasteiger charge is 2.33. The van der Waals surface area contributed by atoms with E-state index in [-0.39, 0.29) is 30.1 Å². The topological polar surface area (TPSA) is 194 Å². The second-order valence-corrected chi connectivity index (χ2v) is 12.3. The first-order valence-electron chi connectivity index (χ1n) is 15.1. The van der Waals surface area contributed by atoms with Crippen LogP contribution in [0.1, 0.15) is 68.2 Å². The van der Waals surface area contributed by atoms with E-state index in [1.807, 2.05) is 46.8 Å². The quantitative estimate of drug-likeness (QED) is 0.0887. The van der Waals surface area contributed by atoms with Crippen LogP contribution in [0.25, 0.3) is 0 Å². The average Bonchev–Trinajstić information content (AvgIpc) is 2.94. The summed E-state index contributed by atoms with van der Waals surface area (Å²) in [5.74, 6) is -4.75. The van der Waals surface area contributed by atoms with Crippen molar-refractivity contribution in [1.29, 1.82) is 0 Å². The summed E-state index contributed by atoms with van der Waals surface area (Å²) in [6.07, 6.45) is 4.07. The Kier molecular flexibility index (Phi) is 18.6. The van der Waals surface area contributed by atoms with E-state index in [1.165, 1.54) is 19.9 Å². The zero-order chi connectivity index (χ0) is 33.6. The number of allylic oxidation sites excluding steroid dienone is 3. The van der Waals surface area contributed by atoms with Crippen molar-refractivity contribution in [3.63, 3.8) is 0 Å². The van der Waals surface area contributed by atoms with Gasteiger partial charge in [-0.2, -0.15) is 0 Å². The van der Waals surface area contributed by atoms with Gasteiger partial charge in [-0.15, -0.1) is 0 Å². The molecule has 0 bridgehead atoms. The predicted octanol–water partition coefficient (Wildman–Crippen LogP) is 2.48. The lowest BCUT2D eigenvalue weighted by molar-refractivity contribution is -0.314. The van der Waals surface area contributed by atoms with Crippen LogP contribution in [-0.4, -0.2) is 74.2 Å². The summed E-state index contributed by atoms with van der Waals surface area (Å²) >= 11 is 0. The van der Waals surface area contributed by atoms with Crippen molar-refractivity contribution in [3.05, 3.63) is 48.6 Å². The molecule has 1 amide bonds. The van der Waals surface area contributed by atoms with Crippen LogP contribution >= 0.6 is 0 Å². The number of rotatable bonds is 20. The van der Waals surface area contributed by atoms with E-state index in [9.17, 15) is 40.2 Å². The van der Waals surface area contributed by atoms with Gasteiger partial charge >= 0.3 is 6.09 Å². The van der Waals surface area contributed by atoms with Crippen LogP contribution in [0.4, 0.5) is 4.79 Å². The van der Waals surface area contributed by atoms with Gasteiger partial charge in [-0.25, -0.2) is 4.79 Å². The van der Waals surface area contributed by atoms with Crippen molar-refractivity contribution in [3.8, 4) is 0 Å². The number of hydrogen-bond acceptors (Lipinski definition) is 9. The molecule has 0 aliphatic heterocycles. The summed E-state index contributed by atoms with van der Waals surface area (Å²) < 4.78 is 5.34. The Labute approximate surface area is 257 Å². The summed E-state index contributed by atoms with van der Waals surface area (Å²) in [5.41, 5.74) is 6.25. The molecular formula is C33H56NO9-. The van der Waals surface area contributed by atoms with Gasteiger partial charge in [0.1, 0.15) is 6.10 Å². The number of hydrogen-bond donors (Lipinski definition) is 6. The van der Waals surface area contributed by atoms with Gasteiger partial charge < -0.3 is 45.9 Å². The SMILES string of the molecule is C=C/C=C\[C@H](C)[C@H](OC(N)=O)[C@@H](C)[C@H](O)[C@@H](C)C/C(C)=C\[C@H](C)[C@@H](O)[C@@H](C)/C=C\[C@@H](O)CC(O)[C@H](C)[C@H](O)[C@@H](C)C(=O)[O-]. The maximum atomic E-state index is 11.5. The highest BCUT2D eigenvalue weighted by Crippen LogP contribution is 2.29. The number of aliphatic hydroxyl groups is 5. The first kappa shape index (κ1) is 40.5. The highest BCUT2D eigenvalue weighted by atomic mass is 16.6. The summed E-state index contributed by atoms with van der Waals surface area (Å²) in [4.78, 5) is 22.5. The Bertz CT molecular complexity index is 949. The standard InChI is InChI=1S/C33H57NO9/c1-10-11-12-20(4)31(43-33(34)42)24(8)29(38)22(6)16-18(2)15-21(5)28(37)19(3)13-14-26(35)17-27(36)23(7)30(39)25(9)32(40)41/h10-15,19-31,35-39H,1,16-17H2,2-9H3,(H2,34,42)(H,40,41)/p-1/b12-11-,14-13-,18-15-/t19-,20-,21-,22-,23-,24-,25+,26+,27?,28-,29+,30-,31-/m0/s1. The summed E-state index contributed by atoms with van der Waals surface area (Å²) in [6.45, 7) is 17.6. The third-order valence-corrected chi connectivity index (χ3v) is 8.38. The average molecular weight is 611 g/mol. The lowest BCUT2D eigenvalue weighted by atomic mass is 9.81. The third kappa shape index (κ3) is 14.2. The van der Waals surface area contributed by atoms with E-state index < -0.39 is 66.4 Å². The van der Waals surface area contributed by atoms with Crippen molar-refractivity contribution < 1.29 is 45.0 Å². The molecule has 0 aliphatic carbocycles. The smallest absolute Gasteiger partial charge is 0.404 e. The van der Waals surface area contributed by atoms with Gasteiger partial charge in [0.2, 0.25) is 0 Å². The summed E-state index contributed by atoms with van der Waals surface area (Å²) in [7, 11) is 0. The molecule has 0 spiro atoms. The predicted molar refractivity (Wildman–Crippen MR) is 165 cm³/mol. The van der Waals surface area contributed by atoms with Crippen LogP contribution in [0.5, 0.6) is 0 Å². The Morgan fingerprint density at radius 3 is 1.93 bits per heavy atom. The van der Waals surface area contributed by atoms with Gasteiger partial charge in [0.15, 0.2) is 0 Å². The molecule has 13 atom stereocenters. The van der Waals surface area contributed by atoms with E-state index in [4.69, 9.17) is 10.5 Å². The molecule has 10 heteroatoms. The molecule has 0 fully saturated rings. The van der Waals surface area contributed by atoms with Crippen molar-refractivity contribution in [2.24, 2.45) is 47.2 Å². The van der Waals surface area contributed by atoms with Crippen LogP contribution in [0.2, 0.25) is 0 Å². The molecule has 0 aromatic rings. The van der Waals surface area contributed by atoms with Gasteiger partial charge in [0, 0.05) is 47.9 Å². The molecule has 0 radical (unpaired) electrons. The number of primary amides is 1. The molecule has 248 valence electrons. The lowest BCUT2D eigenvalue weighted by Gasteiger charge is -2.33. The van der Waals surface area contributed by atoms with Crippen LogP contribution in [0.3, 0.4) is 0 Å². The van der Waals surface area contributed by atoms with E-state index >= 15 is 0 Å². The van der Waals surface area contributed by atoms with Gasteiger partial charge in [-0.05, 0) is 19.3 Å². The molecule has 0 aromatic carbocycles. The summed E-state index contributed by atoms with van der Waals surface area (Å²) in [5, 5.41) is 63.8. The fraction of sp³-hybridized carbons (Fsp3) is 0.697. The first-order valence-corrected chi connectivity index (χ1v) is 15.1. The fourth-order valence-electron chi connectivity index (χ4n) is 5.41. The molecular weight excluding hydrogens is 554 g/mol. The highest BCUT2D eigenvalue weighted by molar-refractivity contribution is 5.67. The fourth-order valence-corrected chi connectivity index (χ4v) is 5.41. The van der Waals surface area contributed by atoms with Crippen molar-refractivity contribution in [1.82, 2.24) is 0 Å². The van der Waals surface area contributed by atoms with Gasteiger partial charge in [0.05, 0.1) is 30.5 Å². The maximum Gasteiger partial charge on any atom is 0.404 e. The molecule has 0 saturated carbocycles. The zero-order valence-corrected chi connectivity index (χ0v) is 27.0. The monoisotopic (exact) mass is 610 g/mol. The Hall–Kier alpha value is -2.50. The number of aliphatic hydroxyl groups excluding tert-OH is 5. The number of ether oxygens (including phenoxy) is 1. The van der Waals surface area contributed by atoms with E-state index in [2.05, 4.69) is 6.58 Å². The Balaban J connectivity index is 5.21. The van der Waals surface area contributed by atoms with Gasteiger partial charge in [-0.3, -0.25) is 0 Å². The van der Waals surface area contributed by atoms with Crippen molar-refractivity contribution in [2.75, 3.05) is 0 Å². The zero-order valence-electron chi connectivity index (χ0n) is 27.0. The largest absolute Gasteiger partial charge is 0.550 e. The van der Waals surface area contributed by atoms with Crippen LogP contribution in [0.15, 0.2) is 48.6 Å². The number of aliphatic carboxylic acids is 1. The van der Waals surface area contributed by atoms with Gasteiger partial charge in [0.25, 0.3) is 0 Å². The Morgan fingerprint density at radius 2 is 1.42 bits per heavy atom. The van der Waals surface area contributed by atoms with Crippen LogP contribution in [0, 0.1) is 41.4 Å². The van der Waals surface area contributed by atoms with Gasteiger partial charge in [-0.1, -0.05) is 97.1 Å². The number of carbonyl (C=O) groups excluding carboxylic acids is 2. The molecule has 0 aliphatic rings. The van der Waals surface area contributed by atoms with E-state index in [0.29, 0.717) is 6.42 Å². The number of amides is 1. The molecule has 0 aromatic heterocycles. The van der Waals surface area contributed by atoms with Crippen LogP contribution in [-0.2, 0) is 9.53 Å². The number of carboxylic acid groups (broad SMARTS) is 1. The van der Waals surface area contributed by atoms with Crippen LogP contribution < -0.4 is 10.8 Å².